The molecule has 0 aliphatic rings. The Morgan fingerprint density at radius 3 is 2.68 bits per heavy atom. The molecular weight excluding hydrogens is 426 g/mol. The standard InChI is InChI=1S/C14H9BrFIO2/c1-19-12-6-5-8(17)7-9(12)14(18)13-10(15)3-2-4-11(13)16/h2-7H,1H3. The van der Waals surface area contributed by atoms with Gasteiger partial charge in [-0.2, -0.15) is 0 Å². The molecule has 0 aliphatic heterocycles. The average Bonchev–Trinajstić information content (AvgIpc) is 2.38. The van der Waals surface area contributed by atoms with E-state index in [4.69, 9.17) is 4.74 Å². The number of carbonyl (C=O) groups excluding carboxylic acids is 1. The van der Waals surface area contributed by atoms with E-state index in [0.717, 1.165) is 3.57 Å². The van der Waals surface area contributed by atoms with Crippen LogP contribution in [0, 0.1) is 9.39 Å². The summed E-state index contributed by atoms with van der Waals surface area (Å²) in [6.45, 7) is 0. The number of rotatable bonds is 3. The fourth-order valence-electron chi connectivity index (χ4n) is 1.71. The highest BCUT2D eigenvalue weighted by atomic mass is 127. The second-order valence-electron chi connectivity index (χ2n) is 3.77. The molecular formula is C14H9BrFIO2. The lowest BCUT2D eigenvalue weighted by atomic mass is 10.0. The molecule has 0 unspecified atom stereocenters. The predicted molar refractivity (Wildman–Crippen MR) is 83.2 cm³/mol. The number of methoxy groups -OCH3 is 1. The molecule has 19 heavy (non-hydrogen) atoms. The maximum absolute atomic E-state index is 13.8. The van der Waals surface area contributed by atoms with E-state index in [9.17, 15) is 9.18 Å². The summed E-state index contributed by atoms with van der Waals surface area (Å²) in [7, 11) is 1.48. The Hall–Kier alpha value is -0.950. The zero-order chi connectivity index (χ0) is 14.0. The molecule has 0 heterocycles. The van der Waals surface area contributed by atoms with Gasteiger partial charge in [0.15, 0.2) is 0 Å². The van der Waals surface area contributed by atoms with Crippen molar-refractivity contribution in [1.82, 2.24) is 0 Å². The zero-order valence-corrected chi connectivity index (χ0v) is 13.7. The Morgan fingerprint density at radius 2 is 2.05 bits per heavy atom. The van der Waals surface area contributed by atoms with Gasteiger partial charge in [-0.15, -0.1) is 0 Å². The van der Waals surface area contributed by atoms with Gasteiger partial charge in [0.1, 0.15) is 11.6 Å². The quantitative estimate of drug-likeness (QED) is 0.527. The molecule has 0 radical (unpaired) electrons. The number of ether oxygens (including phenoxy) is 1. The molecule has 2 aromatic rings. The van der Waals surface area contributed by atoms with Crippen LogP contribution in [0.25, 0.3) is 0 Å². The lowest BCUT2D eigenvalue weighted by Crippen LogP contribution is -2.07. The highest BCUT2D eigenvalue weighted by molar-refractivity contribution is 14.1. The lowest BCUT2D eigenvalue weighted by Gasteiger charge is -2.10. The molecule has 98 valence electrons. The van der Waals surface area contributed by atoms with E-state index < -0.39 is 11.6 Å². The summed E-state index contributed by atoms with van der Waals surface area (Å²) in [6, 6.07) is 9.65. The zero-order valence-electron chi connectivity index (χ0n) is 9.91. The Bertz CT molecular complexity index is 623. The number of carbonyl (C=O) groups is 1. The fraction of sp³-hybridized carbons (Fsp3) is 0.0714. The van der Waals surface area contributed by atoms with Crippen molar-refractivity contribution in [2.75, 3.05) is 7.11 Å². The number of hydrogen-bond donors (Lipinski definition) is 0. The molecule has 2 rings (SSSR count). The largest absolute Gasteiger partial charge is 0.496 e. The monoisotopic (exact) mass is 434 g/mol. The summed E-state index contributed by atoms with van der Waals surface area (Å²) in [5, 5.41) is 0. The SMILES string of the molecule is COc1ccc(I)cc1C(=O)c1c(F)cccc1Br. The van der Waals surface area contributed by atoms with E-state index in [2.05, 4.69) is 38.5 Å². The van der Waals surface area contributed by atoms with E-state index in [1.54, 1.807) is 24.3 Å². The van der Waals surface area contributed by atoms with Crippen LogP contribution in [-0.4, -0.2) is 12.9 Å². The molecule has 0 aliphatic carbocycles. The molecule has 0 spiro atoms. The molecule has 2 aromatic carbocycles. The molecule has 0 fully saturated rings. The summed E-state index contributed by atoms with van der Waals surface area (Å²) in [5.41, 5.74) is 0.364. The van der Waals surface area contributed by atoms with Gasteiger partial charge in [-0.05, 0) is 68.9 Å². The number of ketones is 1. The Kier molecular flexibility index (Phi) is 4.57. The normalized spacial score (nSPS) is 10.3. The number of benzene rings is 2. The average molecular weight is 435 g/mol. The van der Waals surface area contributed by atoms with Crippen molar-refractivity contribution in [3.8, 4) is 5.75 Å². The summed E-state index contributed by atoms with van der Waals surface area (Å²) in [4.78, 5) is 12.5. The predicted octanol–water partition coefficient (Wildman–Crippen LogP) is 4.43. The first-order valence-electron chi connectivity index (χ1n) is 5.37. The van der Waals surface area contributed by atoms with Gasteiger partial charge in [-0.1, -0.05) is 6.07 Å². The smallest absolute Gasteiger partial charge is 0.200 e. The lowest BCUT2D eigenvalue weighted by molar-refractivity contribution is 0.103. The van der Waals surface area contributed by atoms with Crippen LogP contribution in [0.2, 0.25) is 0 Å². The van der Waals surface area contributed by atoms with Crippen LogP contribution in [0.15, 0.2) is 40.9 Å². The van der Waals surface area contributed by atoms with Crippen molar-refractivity contribution < 1.29 is 13.9 Å². The Labute approximate surface area is 132 Å². The van der Waals surface area contributed by atoms with Crippen molar-refractivity contribution in [1.29, 1.82) is 0 Å². The van der Waals surface area contributed by atoms with Crippen LogP contribution in [0.5, 0.6) is 5.75 Å². The second kappa shape index (κ2) is 6.00. The van der Waals surface area contributed by atoms with Crippen molar-refractivity contribution in [2.45, 2.75) is 0 Å². The number of halogens is 3. The first kappa shape index (κ1) is 14.5. The topological polar surface area (TPSA) is 26.3 Å². The fourth-order valence-corrected chi connectivity index (χ4v) is 2.72. The molecule has 0 atom stereocenters. The van der Waals surface area contributed by atoms with Crippen molar-refractivity contribution >= 4 is 44.3 Å². The molecule has 0 saturated carbocycles. The highest BCUT2D eigenvalue weighted by Gasteiger charge is 2.20. The first-order chi connectivity index (χ1) is 9.04. The van der Waals surface area contributed by atoms with E-state index >= 15 is 0 Å². The third-order valence-electron chi connectivity index (χ3n) is 2.60. The third-order valence-corrected chi connectivity index (χ3v) is 3.93. The van der Waals surface area contributed by atoms with E-state index in [1.165, 1.54) is 13.2 Å². The van der Waals surface area contributed by atoms with Gasteiger partial charge in [-0.25, -0.2) is 4.39 Å². The van der Waals surface area contributed by atoms with Crippen LogP contribution >= 0.6 is 38.5 Å². The maximum Gasteiger partial charge on any atom is 0.200 e. The van der Waals surface area contributed by atoms with Gasteiger partial charge in [-0.3, -0.25) is 4.79 Å². The van der Waals surface area contributed by atoms with Crippen molar-refractivity contribution in [2.24, 2.45) is 0 Å². The van der Waals surface area contributed by atoms with Crippen molar-refractivity contribution in [3.63, 3.8) is 0 Å². The minimum absolute atomic E-state index is 0.0165. The summed E-state index contributed by atoms with van der Waals surface area (Å²) in [5.74, 6) is -0.527. The van der Waals surface area contributed by atoms with Gasteiger partial charge in [0, 0.05) is 8.04 Å². The summed E-state index contributed by atoms with van der Waals surface area (Å²) in [6.07, 6.45) is 0. The first-order valence-corrected chi connectivity index (χ1v) is 7.24. The van der Waals surface area contributed by atoms with Gasteiger partial charge in [0.05, 0.1) is 18.2 Å². The molecule has 0 saturated heterocycles. The Morgan fingerprint density at radius 1 is 1.32 bits per heavy atom. The van der Waals surface area contributed by atoms with Crippen molar-refractivity contribution in [3.05, 3.63) is 61.4 Å². The minimum Gasteiger partial charge on any atom is -0.496 e. The molecule has 2 nitrogen and oxygen atoms in total. The van der Waals surface area contributed by atoms with Crippen LogP contribution in [0.4, 0.5) is 4.39 Å². The maximum atomic E-state index is 13.8. The number of hydrogen-bond acceptors (Lipinski definition) is 2. The molecule has 0 amide bonds. The van der Waals surface area contributed by atoms with Gasteiger partial charge >= 0.3 is 0 Å². The van der Waals surface area contributed by atoms with Gasteiger partial charge in [0.25, 0.3) is 0 Å². The summed E-state index contributed by atoms with van der Waals surface area (Å²) < 4.78 is 20.3. The Balaban J connectivity index is 2.59. The van der Waals surface area contributed by atoms with Crippen LogP contribution in [0.1, 0.15) is 15.9 Å². The van der Waals surface area contributed by atoms with E-state index in [1.807, 2.05) is 6.07 Å². The highest BCUT2D eigenvalue weighted by Crippen LogP contribution is 2.28. The second-order valence-corrected chi connectivity index (χ2v) is 5.87. The molecule has 0 bridgehead atoms. The molecule has 0 N–H and O–H groups in total. The summed E-state index contributed by atoms with van der Waals surface area (Å²) >= 11 is 5.30. The molecule has 5 heteroatoms. The van der Waals surface area contributed by atoms with E-state index in [-0.39, 0.29) is 5.56 Å². The molecule has 0 aromatic heterocycles. The van der Waals surface area contributed by atoms with Crippen LogP contribution in [0.3, 0.4) is 0 Å². The third kappa shape index (κ3) is 2.97. The van der Waals surface area contributed by atoms with Crippen LogP contribution in [-0.2, 0) is 0 Å². The van der Waals surface area contributed by atoms with E-state index in [0.29, 0.717) is 15.8 Å². The van der Waals surface area contributed by atoms with Gasteiger partial charge in [0.2, 0.25) is 5.78 Å². The van der Waals surface area contributed by atoms with Crippen LogP contribution < -0.4 is 4.74 Å². The van der Waals surface area contributed by atoms with Gasteiger partial charge < -0.3 is 4.74 Å². The minimum atomic E-state index is -0.555.